The smallest absolute Gasteiger partial charge is 0.200 e. The van der Waals surface area contributed by atoms with Gasteiger partial charge in [-0.15, -0.1) is 0 Å². The van der Waals surface area contributed by atoms with E-state index in [1.165, 1.54) is 12.1 Å². The molecule has 0 saturated carbocycles. The third-order valence-electron chi connectivity index (χ3n) is 5.84. The molecule has 1 aromatic heterocycles. The van der Waals surface area contributed by atoms with Crippen LogP contribution in [-0.4, -0.2) is 18.2 Å². The first-order chi connectivity index (χ1) is 15.5. The Labute approximate surface area is 189 Å². The van der Waals surface area contributed by atoms with Gasteiger partial charge in [0, 0.05) is 18.1 Å². The minimum atomic E-state index is -0.237. The average molecular weight is 450 g/mol. The quantitative estimate of drug-likeness (QED) is 0.386. The zero-order valence-corrected chi connectivity index (χ0v) is 18.3. The van der Waals surface area contributed by atoms with Crippen LogP contribution in [-0.2, 0) is 13.0 Å². The molecule has 5 rings (SSSR count). The standard InChI is InChI=1S/C26H21ClFNO3/c1-16-24(18-4-6-19(27)7-5-18)25(30)21-10-11-23-22(26(21)32-16)14-29(15-31-23)13-12-17-2-8-20(28)9-3-17/h2-11H,12-15H2,1H3. The lowest BCUT2D eigenvalue weighted by molar-refractivity contribution is 0.0968. The maximum Gasteiger partial charge on any atom is 0.200 e. The van der Waals surface area contributed by atoms with Crippen molar-refractivity contribution in [3.63, 3.8) is 0 Å². The highest BCUT2D eigenvalue weighted by molar-refractivity contribution is 6.30. The van der Waals surface area contributed by atoms with Crippen LogP contribution in [0, 0.1) is 12.7 Å². The maximum absolute atomic E-state index is 13.4. The summed E-state index contributed by atoms with van der Waals surface area (Å²) in [6.07, 6.45) is 0.771. The molecule has 6 heteroatoms. The van der Waals surface area contributed by atoms with E-state index in [1.54, 1.807) is 37.3 Å². The molecule has 0 N–H and O–H groups in total. The summed E-state index contributed by atoms with van der Waals surface area (Å²) in [5.41, 5.74) is 3.74. The first-order valence-corrected chi connectivity index (χ1v) is 10.8. The van der Waals surface area contributed by atoms with Gasteiger partial charge in [-0.25, -0.2) is 4.39 Å². The number of hydrogen-bond donors (Lipinski definition) is 0. The molecule has 0 atom stereocenters. The lowest BCUT2D eigenvalue weighted by atomic mass is 10.0. The van der Waals surface area contributed by atoms with E-state index < -0.39 is 0 Å². The third kappa shape index (κ3) is 3.90. The SMILES string of the molecule is Cc1oc2c3c(ccc2c(=O)c1-c1ccc(Cl)cc1)OCN(CCc1ccc(F)cc1)C3. The van der Waals surface area contributed by atoms with Gasteiger partial charge in [-0.1, -0.05) is 35.9 Å². The fourth-order valence-electron chi connectivity index (χ4n) is 4.15. The van der Waals surface area contributed by atoms with Gasteiger partial charge in [-0.3, -0.25) is 9.69 Å². The minimum Gasteiger partial charge on any atom is -0.478 e. The van der Waals surface area contributed by atoms with Crippen molar-refractivity contribution < 1.29 is 13.5 Å². The third-order valence-corrected chi connectivity index (χ3v) is 6.10. The molecule has 0 saturated heterocycles. The van der Waals surface area contributed by atoms with Crippen molar-refractivity contribution in [3.05, 3.63) is 98.6 Å². The number of benzene rings is 3. The molecule has 2 heterocycles. The van der Waals surface area contributed by atoms with Crippen molar-refractivity contribution in [1.82, 2.24) is 4.90 Å². The lowest BCUT2D eigenvalue weighted by Gasteiger charge is -2.29. The largest absolute Gasteiger partial charge is 0.478 e. The highest BCUT2D eigenvalue weighted by atomic mass is 35.5. The van der Waals surface area contributed by atoms with Gasteiger partial charge in [0.25, 0.3) is 0 Å². The summed E-state index contributed by atoms with van der Waals surface area (Å²) in [5.74, 6) is 1.05. The second-order valence-electron chi connectivity index (χ2n) is 7.99. The summed E-state index contributed by atoms with van der Waals surface area (Å²) in [6, 6.07) is 17.3. The summed E-state index contributed by atoms with van der Waals surface area (Å²) in [7, 11) is 0. The van der Waals surface area contributed by atoms with Gasteiger partial charge in [0.2, 0.25) is 5.43 Å². The number of halogens is 2. The van der Waals surface area contributed by atoms with Crippen molar-refractivity contribution >= 4 is 22.6 Å². The topological polar surface area (TPSA) is 42.7 Å². The Morgan fingerprint density at radius 3 is 2.53 bits per heavy atom. The Morgan fingerprint density at radius 1 is 1.03 bits per heavy atom. The second kappa shape index (κ2) is 8.41. The van der Waals surface area contributed by atoms with E-state index in [0.717, 1.165) is 35.4 Å². The summed E-state index contributed by atoms with van der Waals surface area (Å²) in [5, 5.41) is 1.15. The maximum atomic E-state index is 13.4. The van der Waals surface area contributed by atoms with Crippen molar-refractivity contribution in [3.8, 4) is 16.9 Å². The van der Waals surface area contributed by atoms with Crippen LogP contribution in [0.5, 0.6) is 5.75 Å². The molecule has 32 heavy (non-hydrogen) atoms. The Balaban J connectivity index is 1.47. The fourth-order valence-corrected chi connectivity index (χ4v) is 4.28. The summed E-state index contributed by atoms with van der Waals surface area (Å²) in [6.45, 7) is 3.61. The number of aryl methyl sites for hydroxylation is 1. The predicted molar refractivity (Wildman–Crippen MR) is 124 cm³/mol. The van der Waals surface area contributed by atoms with E-state index in [2.05, 4.69) is 4.90 Å². The van der Waals surface area contributed by atoms with Gasteiger partial charge >= 0.3 is 0 Å². The van der Waals surface area contributed by atoms with Gasteiger partial charge in [0.15, 0.2) is 0 Å². The Morgan fingerprint density at radius 2 is 1.78 bits per heavy atom. The molecule has 0 spiro atoms. The van der Waals surface area contributed by atoms with E-state index in [9.17, 15) is 9.18 Å². The second-order valence-corrected chi connectivity index (χ2v) is 8.43. The van der Waals surface area contributed by atoms with Gasteiger partial charge in [-0.05, 0) is 60.9 Å². The van der Waals surface area contributed by atoms with Gasteiger partial charge in [0.05, 0.1) is 16.5 Å². The zero-order valence-electron chi connectivity index (χ0n) is 17.5. The molecule has 4 nitrogen and oxygen atoms in total. The molecule has 1 aliphatic rings. The van der Waals surface area contributed by atoms with Crippen LogP contribution >= 0.6 is 11.6 Å². The summed E-state index contributed by atoms with van der Waals surface area (Å²) in [4.78, 5) is 15.5. The zero-order chi connectivity index (χ0) is 22.2. The first-order valence-electron chi connectivity index (χ1n) is 10.4. The molecule has 0 radical (unpaired) electrons. The van der Waals surface area contributed by atoms with E-state index in [1.807, 2.05) is 18.2 Å². The van der Waals surface area contributed by atoms with Crippen LogP contribution in [0.15, 0.2) is 69.9 Å². The van der Waals surface area contributed by atoms with E-state index in [4.69, 9.17) is 20.8 Å². The Hall–Kier alpha value is -3.15. The summed E-state index contributed by atoms with van der Waals surface area (Å²) >= 11 is 6.00. The van der Waals surface area contributed by atoms with Crippen LogP contribution in [0.2, 0.25) is 5.02 Å². The predicted octanol–water partition coefficient (Wildman–Crippen LogP) is 5.96. The molecular formula is C26H21ClFNO3. The van der Waals surface area contributed by atoms with Crippen molar-refractivity contribution in [2.75, 3.05) is 13.3 Å². The number of hydrogen-bond acceptors (Lipinski definition) is 4. The molecule has 0 aliphatic carbocycles. The van der Waals surface area contributed by atoms with Crippen LogP contribution in [0.3, 0.4) is 0 Å². The Kier molecular flexibility index (Phi) is 5.45. The molecule has 0 fully saturated rings. The molecule has 1 aliphatic heterocycles. The van der Waals surface area contributed by atoms with Crippen molar-refractivity contribution in [2.45, 2.75) is 19.9 Å². The van der Waals surface area contributed by atoms with Crippen molar-refractivity contribution in [2.24, 2.45) is 0 Å². The summed E-state index contributed by atoms with van der Waals surface area (Å²) < 4.78 is 25.3. The molecule has 4 aromatic rings. The highest BCUT2D eigenvalue weighted by Gasteiger charge is 2.23. The number of rotatable bonds is 4. The van der Waals surface area contributed by atoms with Gasteiger partial charge in [0.1, 0.15) is 29.6 Å². The van der Waals surface area contributed by atoms with E-state index >= 15 is 0 Å². The normalized spacial score (nSPS) is 13.7. The number of ether oxygens (including phenoxy) is 1. The van der Waals surface area contributed by atoms with E-state index in [0.29, 0.717) is 40.6 Å². The molecule has 0 amide bonds. The molecule has 162 valence electrons. The monoisotopic (exact) mass is 449 g/mol. The van der Waals surface area contributed by atoms with Crippen LogP contribution in [0.25, 0.3) is 22.1 Å². The average Bonchev–Trinajstić information content (AvgIpc) is 2.80. The van der Waals surface area contributed by atoms with Crippen LogP contribution in [0.4, 0.5) is 4.39 Å². The number of nitrogens with zero attached hydrogens (tertiary/aromatic N) is 1. The van der Waals surface area contributed by atoms with Gasteiger partial charge < -0.3 is 9.15 Å². The Bertz CT molecular complexity index is 1350. The molecule has 3 aromatic carbocycles. The highest BCUT2D eigenvalue weighted by Crippen LogP contribution is 2.34. The van der Waals surface area contributed by atoms with Gasteiger partial charge in [-0.2, -0.15) is 0 Å². The van der Waals surface area contributed by atoms with E-state index in [-0.39, 0.29) is 11.2 Å². The lowest BCUT2D eigenvalue weighted by Crippen LogP contribution is -2.33. The molecular weight excluding hydrogens is 429 g/mol. The molecule has 0 bridgehead atoms. The minimum absolute atomic E-state index is 0.0719. The number of fused-ring (bicyclic) bond motifs is 3. The van der Waals surface area contributed by atoms with Crippen LogP contribution in [0.1, 0.15) is 16.9 Å². The van der Waals surface area contributed by atoms with Crippen molar-refractivity contribution in [1.29, 1.82) is 0 Å². The first kappa shape index (κ1) is 20.7. The molecule has 0 unspecified atom stereocenters. The fraction of sp³-hybridized carbons (Fsp3) is 0.192. The van der Waals surface area contributed by atoms with Crippen LogP contribution < -0.4 is 10.2 Å².